The van der Waals surface area contributed by atoms with Gasteiger partial charge in [-0.25, -0.2) is 0 Å². The molecule has 1 aromatic rings. The fourth-order valence-electron chi connectivity index (χ4n) is 2.55. The molecule has 0 radical (unpaired) electrons. The molecule has 0 aromatic carbocycles. The van der Waals surface area contributed by atoms with Gasteiger partial charge >= 0.3 is 0 Å². The quantitative estimate of drug-likeness (QED) is 0.902. The minimum atomic E-state index is 0.655. The Hall–Kier alpha value is -0.390. The molecule has 0 spiro atoms. The third kappa shape index (κ3) is 2.78. The van der Waals surface area contributed by atoms with Crippen LogP contribution in [0.2, 0.25) is 0 Å². The van der Waals surface area contributed by atoms with Crippen molar-refractivity contribution in [2.24, 2.45) is 0 Å². The molecule has 18 heavy (non-hydrogen) atoms. The van der Waals surface area contributed by atoms with Crippen LogP contribution in [0.5, 0.6) is 0 Å². The third-order valence-electron chi connectivity index (χ3n) is 3.75. The summed E-state index contributed by atoms with van der Waals surface area (Å²) in [6.07, 6.45) is 2.23. The normalized spacial score (nSPS) is 19.9. The van der Waals surface area contributed by atoms with E-state index in [1.165, 1.54) is 22.3 Å². The summed E-state index contributed by atoms with van der Waals surface area (Å²) in [5.41, 5.74) is 2.48. The molecule has 1 fully saturated rings. The number of rotatable bonds is 5. The van der Waals surface area contributed by atoms with Crippen molar-refractivity contribution in [2.45, 2.75) is 45.8 Å². The van der Waals surface area contributed by atoms with E-state index in [0.29, 0.717) is 6.04 Å². The maximum atomic E-state index is 4.65. The fraction of sp³-hybridized carbons (Fsp3) is 0.769. The van der Waals surface area contributed by atoms with Crippen molar-refractivity contribution in [3.8, 4) is 0 Å². The van der Waals surface area contributed by atoms with Gasteiger partial charge in [-0.15, -0.1) is 0 Å². The summed E-state index contributed by atoms with van der Waals surface area (Å²) in [5.74, 6) is 0. The number of halogens is 1. The van der Waals surface area contributed by atoms with Crippen LogP contribution >= 0.6 is 15.9 Å². The van der Waals surface area contributed by atoms with Crippen LogP contribution in [0.4, 0.5) is 0 Å². The lowest BCUT2D eigenvalue weighted by molar-refractivity contribution is 0.241. The van der Waals surface area contributed by atoms with Gasteiger partial charge in [0.1, 0.15) is 0 Å². The molecule has 0 bridgehead atoms. The first-order chi connectivity index (χ1) is 8.67. The summed E-state index contributed by atoms with van der Waals surface area (Å²) in [7, 11) is 2.21. The van der Waals surface area contributed by atoms with Gasteiger partial charge in [0.25, 0.3) is 0 Å². The largest absolute Gasteiger partial charge is 0.315 e. The Morgan fingerprint density at radius 3 is 2.83 bits per heavy atom. The van der Waals surface area contributed by atoms with Crippen LogP contribution in [0, 0.1) is 0 Å². The zero-order valence-corrected chi connectivity index (χ0v) is 13.1. The molecule has 2 rings (SSSR count). The molecule has 1 unspecified atom stereocenters. The molecule has 1 saturated heterocycles. The van der Waals surface area contributed by atoms with Gasteiger partial charge in [-0.3, -0.25) is 9.58 Å². The average Bonchev–Trinajstić information content (AvgIpc) is 2.99. The van der Waals surface area contributed by atoms with Gasteiger partial charge in [-0.1, -0.05) is 6.92 Å². The molecule has 4 nitrogen and oxygen atoms in total. The SMILES string of the molecule is CCc1nn(CC)c(CN(C)C2CCNC2)c1Br. The van der Waals surface area contributed by atoms with Crippen molar-refractivity contribution in [3.63, 3.8) is 0 Å². The van der Waals surface area contributed by atoms with E-state index in [2.05, 4.69) is 56.8 Å². The van der Waals surface area contributed by atoms with Crippen molar-refractivity contribution in [1.82, 2.24) is 20.0 Å². The Balaban J connectivity index is 2.14. The van der Waals surface area contributed by atoms with Crippen LogP contribution in [-0.4, -0.2) is 40.9 Å². The van der Waals surface area contributed by atoms with Crippen LogP contribution in [0.3, 0.4) is 0 Å². The van der Waals surface area contributed by atoms with E-state index in [1.54, 1.807) is 0 Å². The van der Waals surface area contributed by atoms with Crippen molar-refractivity contribution in [3.05, 3.63) is 15.9 Å². The highest BCUT2D eigenvalue weighted by Crippen LogP contribution is 2.24. The van der Waals surface area contributed by atoms with E-state index < -0.39 is 0 Å². The number of aromatic nitrogens is 2. The lowest BCUT2D eigenvalue weighted by Gasteiger charge is -2.23. The Labute approximate surface area is 118 Å². The second kappa shape index (κ2) is 6.17. The number of hydrogen-bond donors (Lipinski definition) is 1. The summed E-state index contributed by atoms with van der Waals surface area (Å²) in [4.78, 5) is 2.44. The zero-order chi connectivity index (χ0) is 13.1. The second-order valence-corrected chi connectivity index (χ2v) is 5.73. The number of aryl methyl sites for hydroxylation is 2. The maximum absolute atomic E-state index is 4.65. The van der Waals surface area contributed by atoms with Crippen molar-refractivity contribution in [2.75, 3.05) is 20.1 Å². The Kier molecular flexibility index (Phi) is 4.81. The molecule has 1 atom stereocenters. The molecule has 2 heterocycles. The average molecular weight is 315 g/mol. The molecular formula is C13H23BrN4. The van der Waals surface area contributed by atoms with E-state index in [0.717, 1.165) is 32.6 Å². The Morgan fingerprint density at radius 1 is 1.50 bits per heavy atom. The van der Waals surface area contributed by atoms with Gasteiger partial charge < -0.3 is 5.32 Å². The smallest absolute Gasteiger partial charge is 0.0767 e. The predicted molar refractivity (Wildman–Crippen MR) is 77.7 cm³/mol. The lowest BCUT2D eigenvalue weighted by atomic mass is 10.2. The number of nitrogens with one attached hydrogen (secondary N) is 1. The molecule has 1 N–H and O–H groups in total. The molecule has 102 valence electrons. The third-order valence-corrected chi connectivity index (χ3v) is 4.67. The van der Waals surface area contributed by atoms with Crippen molar-refractivity contribution >= 4 is 15.9 Å². The first-order valence-corrected chi connectivity index (χ1v) is 7.61. The van der Waals surface area contributed by atoms with Crippen molar-refractivity contribution in [1.29, 1.82) is 0 Å². The molecule has 0 saturated carbocycles. The fourth-order valence-corrected chi connectivity index (χ4v) is 3.24. The molecule has 5 heteroatoms. The zero-order valence-electron chi connectivity index (χ0n) is 11.5. The highest BCUT2D eigenvalue weighted by atomic mass is 79.9. The second-order valence-electron chi connectivity index (χ2n) is 4.94. The lowest BCUT2D eigenvalue weighted by Crippen LogP contribution is -2.33. The number of hydrogen-bond acceptors (Lipinski definition) is 3. The van der Waals surface area contributed by atoms with Gasteiger partial charge in [0, 0.05) is 25.7 Å². The molecule has 1 aliphatic rings. The minimum absolute atomic E-state index is 0.655. The first-order valence-electron chi connectivity index (χ1n) is 6.82. The topological polar surface area (TPSA) is 33.1 Å². The predicted octanol–water partition coefficient (Wildman–Crippen LogP) is 2.02. The van der Waals surface area contributed by atoms with Crippen LogP contribution in [0.15, 0.2) is 4.47 Å². The molecular weight excluding hydrogens is 292 g/mol. The summed E-state index contributed by atoms with van der Waals surface area (Å²) in [6.45, 7) is 8.46. The van der Waals surface area contributed by atoms with Gasteiger partial charge in [-0.2, -0.15) is 5.10 Å². The van der Waals surface area contributed by atoms with E-state index >= 15 is 0 Å². The molecule has 0 aliphatic carbocycles. The summed E-state index contributed by atoms with van der Waals surface area (Å²) >= 11 is 3.71. The Morgan fingerprint density at radius 2 is 2.28 bits per heavy atom. The van der Waals surface area contributed by atoms with Crippen molar-refractivity contribution < 1.29 is 0 Å². The van der Waals surface area contributed by atoms with E-state index in [1.807, 2.05) is 0 Å². The monoisotopic (exact) mass is 314 g/mol. The summed E-state index contributed by atoms with van der Waals surface area (Å²) in [6, 6.07) is 0.655. The Bertz CT molecular complexity index is 396. The van der Waals surface area contributed by atoms with Crippen LogP contribution < -0.4 is 5.32 Å². The maximum Gasteiger partial charge on any atom is 0.0767 e. The first kappa shape index (κ1) is 14.0. The van der Waals surface area contributed by atoms with Gasteiger partial charge in [0.05, 0.1) is 15.9 Å². The molecule has 1 aromatic heterocycles. The van der Waals surface area contributed by atoms with Crippen LogP contribution in [-0.2, 0) is 19.5 Å². The number of likely N-dealkylation sites (N-methyl/N-ethyl adjacent to an activating group) is 1. The summed E-state index contributed by atoms with van der Waals surface area (Å²) < 4.78 is 3.33. The van der Waals surface area contributed by atoms with Crippen LogP contribution in [0.1, 0.15) is 31.7 Å². The summed E-state index contributed by atoms with van der Waals surface area (Å²) in [5, 5.41) is 8.08. The van der Waals surface area contributed by atoms with E-state index in [-0.39, 0.29) is 0 Å². The van der Waals surface area contributed by atoms with Gasteiger partial charge in [0.15, 0.2) is 0 Å². The highest BCUT2D eigenvalue weighted by Gasteiger charge is 2.22. The van der Waals surface area contributed by atoms with E-state index in [4.69, 9.17) is 0 Å². The standard InChI is InChI=1S/C13H23BrN4/c1-4-11-13(14)12(18(5-2)16-11)9-17(3)10-6-7-15-8-10/h10,15H,4-9H2,1-3H3. The van der Waals surface area contributed by atoms with Gasteiger partial charge in [0.2, 0.25) is 0 Å². The minimum Gasteiger partial charge on any atom is -0.315 e. The number of nitrogens with zero attached hydrogens (tertiary/aromatic N) is 3. The highest BCUT2D eigenvalue weighted by molar-refractivity contribution is 9.10. The molecule has 0 amide bonds. The van der Waals surface area contributed by atoms with Crippen LogP contribution in [0.25, 0.3) is 0 Å². The van der Waals surface area contributed by atoms with E-state index in [9.17, 15) is 0 Å². The molecule has 1 aliphatic heterocycles. The van der Waals surface area contributed by atoms with Gasteiger partial charge in [-0.05, 0) is 49.3 Å².